The van der Waals surface area contributed by atoms with E-state index in [0.717, 1.165) is 11.6 Å². The average molecular weight is 294 g/mol. The summed E-state index contributed by atoms with van der Waals surface area (Å²) in [6, 6.07) is 0.380. The number of thiazole rings is 1. The molecule has 2 atom stereocenters. The van der Waals surface area contributed by atoms with E-state index in [1.54, 1.807) is 0 Å². The van der Waals surface area contributed by atoms with Crippen molar-refractivity contribution in [2.75, 3.05) is 6.54 Å². The SMILES string of the molecule is Cc1nc(C)c(C(C)NCC2CCC3(CCCC3)O2)s1. The van der Waals surface area contributed by atoms with E-state index < -0.39 is 0 Å². The number of nitrogens with one attached hydrogen (secondary N) is 1. The minimum atomic E-state index is 0.257. The molecular formula is C16H26N2OS. The maximum Gasteiger partial charge on any atom is 0.0900 e. The number of rotatable bonds is 4. The van der Waals surface area contributed by atoms with Crippen molar-refractivity contribution in [3.05, 3.63) is 15.6 Å². The molecule has 2 aliphatic rings. The van der Waals surface area contributed by atoms with Crippen molar-refractivity contribution < 1.29 is 4.74 Å². The van der Waals surface area contributed by atoms with Gasteiger partial charge in [-0.15, -0.1) is 11.3 Å². The second-order valence-corrected chi connectivity index (χ2v) is 7.72. The first-order chi connectivity index (χ1) is 9.58. The molecule has 20 heavy (non-hydrogen) atoms. The zero-order chi connectivity index (χ0) is 14.2. The Labute approximate surface area is 126 Å². The van der Waals surface area contributed by atoms with Gasteiger partial charge in [0.05, 0.1) is 22.4 Å². The van der Waals surface area contributed by atoms with Crippen molar-refractivity contribution in [2.45, 2.75) is 77.0 Å². The van der Waals surface area contributed by atoms with Crippen molar-refractivity contribution in [2.24, 2.45) is 0 Å². The fourth-order valence-corrected chi connectivity index (χ4v) is 4.73. The van der Waals surface area contributed by atoms with Gasteiger partial charge in [0.25, 0.3) is 0 Å². The highest BCUT2D eigenvalue weighted by molar-refractivity contribution is 7.11. The van der Waals surface area contributed by atoms with Gasteiger partial charge in [-0.1, -0.05) is 12.8 Å². The van der Waals surface area contributed by atoms with E-state index in [1.165, 1.54) is 49.1 Å². The quantitative estimate of drug-likeness (QED) is 0.914. The molecule has 3 nitrogen and oxygen atoms in total. The number of aromatic nitrogens is 1. The van der Waals surface area contributed by atoms with Crippen LogP contribution in [0.15, 0.2) is 0 Å². The van der Waals surface area contributed by atoms with Gasteiger partial charge in [0.2, 0.25) is 0 Å². The van der Waals surface area contributed by atoms with Crippen LogP contribution in [0.3, 0.4) is 0 Å². The molecule has 0 aromatic carbocycles. The molecule has 2 fully saturated rings. The lowest BCUT2D eigenvalue weighted by molar-refractivity contribution is -0.0357. The summed E-state index contributed by atoms with van der Waals surface area (Å²) in [6.07, 6.45) is 8.18. The zero-order valence-electron chi connectivity index (χ0n) is 12.9. The fraction of sp³-hybridized carbons (Fsp3) is 0.812. The zero-order valence-corrected chi connectivity index (χ0v) is 13.7. The Kier molecular flexibility index (Phi) is 4.16. The van der Waals surface area contributed by atoms with Crippen molar-refractivity contribution >= 4 is 11.3 Å². The lowest BCUT2D eigenvalue weighted by Crippen LogP contribution is -2.32. The molecule has 3 rings (SSSR count). The monoisotopic (exact) mass is 294 g/mol. The van der Waals surface area contributed by atoms with E-state index in [-0.39, 0.29) is 5.60 Å². The Bertz CT molecular complexity index is 465. The van der Waals surface area contributed by atoms with Crippen LogP contribution in [0.25, 0.3) is 0 Å². The predicted octanol–water partition coefficient (Wildman–Crippen LogP) is 3.90. The van der Waals surface area contributed by atoms with Gasteiger partial charge in [0.1, 0.15) is 0 Å². The first-order valence-electron chi connectivity index (χ1n) is 7.93. The van der Waals surface area contributed by atoms with Gasteiger partial charge < -0.3 is 10.1 Å². The van der Waals surface area contributed by atoms with E-state index in [4.69, 9.17) is 4.74 Å². The van der Waals surface area contributed by atoms with Gasteiger partial charge in [0, 0.05) is 17.5 Å². The number of hydrogen-bond donors (Lipinski definition) is 1. The van der Waals surface area contributed by atoms with E-state index in [0.29, 0.717) is 12.1 Å². The van der Waals surface area contributed by atoms with Gasteiger partial charge in [-0.25, -0.2) is 4.98 Å². The van der Waals surface area contributed by atoms with Gasteiger partial charge in [0.15, 0.2) is 0 Å². The maximum absolute atomic E-state index is 6.36. The van der Waals surface area contributed by atoms with Gasteiger partial charge in [-0.2, -0.15) is 0 Å². The molecule has 1 saturated carbocycles. The summed E-state index contributed by atoms with van der Waals surface area (Å²) < 4.78 is 6.36. The molecule has 112 valence electrons. The molecule has 2 unspecified atom stereocenters. The van der Waals surface area contributed by atoms with Crippen LogP contribution in [-0.2, 0) is 4.74 Å². The third-order valence-electron chi connectivity index (χ3n) is 4.84. The van der Waals surface area contributed by atoms with Crippen LogP contribution >= 0.6 is 11.3 Å². The summed E-state index contributed by atoms with van der Waals surface area (Å²) in [5.74, 6) is 0. The summed E-state index contributed by atoms with van der Waals surface area (Å²) in [7, 11) is 0. The molecule has 1 aromatic heterocycles. The number of nitrogens with zero attached hydrogens (tertiary/aromatic N) is 1. The summed E-state index contributed by atoms with van der Waals surface area (Å²) in [5, 5.41) is 4.81. The minimum Gasteiger partial charge on any atom is -0.370 e. The molecular weight excluding hydrogens is 268 g/mol. The maximum atomic E-state index is 6.36. The smallest absolute Gasteiger partial charge is 0.0900 e. The molecule has 1 N–H and O–H groups in total. The summed E-state index contributed by atoms with van der Waals surface area (Å²) >= 11 is 1.81. The van der Waals surface area contributed by atoms with E-state index in [1.807, 2.05) is 11.3 Å². The molecule has 0 radical (unpaired) electrons. The first-order valence-corrected chi connectivity index (χ1v) is 8.75. The van der Waals surface area contributed by atoms with Crippen LogP contribution in [-0.4, -0.2) is 23.2 Å². The molecule has 0 amide bonds. The normalized spacial score (nSPS) is 26.4. The van der Waals surface area contributed by atoms with Crippen molar-refractivity contribution in [1.82, 2.24) is 10.3 Å². The van der Waals surface area contributed by atoms with Crippen LogP contribution in [0, 0.1) is 13.8 Å². The van der Waals surface area contributed by atoms with E-state index in [2.05, 4.69) is 31.1 Å². The second-order valence-electron chi connectivity index (χ2n) is 6.48. The highest BCUT2D eigenvalue weighted by Crippen LogP contribution is 2.43. The Morgan fingerprint density at radius 2 is 2.10 bits per heavy atom. The van der Waals surface area contributed by atoms with E-state index >= 15 is 0 Å². The number of aryl methyl sites for hydroxylation is 2. The number of hydrogen-bond acceptors (Lipinski definition) is 4. The standard InChI is InChI=1S/C16H26N2OS/c1-11(15-12(2)18-13(3)20-15)17-10-14-6-9-16(19-14)7-4-5-8-16/h11,14,17H,4-10H2,1-3H3. The van der Waals surface area contributed by atoms with Crippen LogP contribution in [0.5, 0.6) is 0 Å². The van der Waals surface area contributed by atoms with Crippen LogP contribution in [0.2, 0.25) is 0 Å². The summed E-state index contributed by atoms with van der Waals surface area (Å²) in [4.78, 5) is 5.89. The molecule has 1 aromatic rings. The third-order valence-corrected chi connectivity index (χ3v) is 6.09. The minimum absolute atomic E-state index is 0.257. The topological polar surface area (TPSA) is 34.2 Å². The van der Waals surface area contributed by atoms with Crippen molar-refractivity contribution in [1.29, 1.82) is 0 Å². The van der Waals surface area contributed by atoms with Gasteiger partial charge >= 0.3 is 0 Å². The molecule has 0 bridgehead atoms. The van der Waals surface area contributed by atoms with Crippen molar-refractivity contribution in [3.8, 4) is 0 Å². The van der Waals surface area contributed by atoms with Crippen molar-refractivity contribution in [3.63, 3.8) is 0 Å². The average Bonchev–Trinajstić information content (AvgIpc) is 3.10. The highest BCUT2D eigenvalue weighted by atomic mass is 32.1. The van der Waals surface area contributed by atoms with Crippen LogP contribution < -0.4 is 5.32 Å². The van der Waals surface area contributed by atoms with Gasteiger partial charge in [-0.3, -0.25) is 0 Å². The number of ether oxygens (including phenoxy) is 1. The molecule has 1 saturated heterocycles. The summed E-state index contributed by atoms with van der Waals surface area (Å²) in [5.41, 5.74) is 1.43. The van der Waals surface area contributed by atoms with Crippen LogP contribution in [0.1, 0.15) is 67.1 Å². The second kappa shape index (κ2) is 5.74. The Morgan fingerprint density at radius 3 is 2.75 bits per heavy atom. The van der Waals surface area contributed by atoms with E-state index in [9.17, 15) is 0 Å². The first kappa shape index (κ1) is 14.5. The molecule has 2 heterocycles. The van der Waals surface area contributed by atoms with Crippen LogP contribution in [0.4, 0.5) is 0 Å². The lowest BCUT2D eigenvalue weighted by atomic mass is 9.98. The summed E-state index contributed by atoms with van der Waals surface area (Å²) in [6.45, 7) is 7.40. The van der Waals surface area contributed by atoms with Gasteiger partial charge in [-0.05, 0) is 46.5 Å². The predicted molar refractivity (Wildman–Crippen MR) is 83.3 cm³/mol. The largest absolute Gasteiger partial charge is 0.370 e. The Balaban J connectivity index is 1.51. The third kappa shape index (κ3) is 2.92. The molecule has 1 spiro atoms. The lowest BCUT2D eigenvalue weighted by Gasteiger charge is -2.24. The molecule has 1 aliphatic carbocycles. The fourth-order valence-electron chi connectivity index (χ4n) is 3.78. The molecule has 1 aliphatic heterocycles. The Morgan fingerprint density at radius 1 is 1.35 bits per heavy atom. The highest BCUT2D eigenvalue weighted by Gasteiger charge is 2.41. The Hall–Kier alpha value is -0.450. The molecule has 4 heteroatoms.